The predicted octanol–water partition coefficient (Wildman–Crippen LogP) is 4.41. The second-order valence-corrected chi connectivity index (χ2v) is 7.04. The molecule has 1 N–H and O–H groups in total. The topological polar surface area (TPSA) is 32.3 Å². The smallest absolute Gasteiger partial charge is 0.257 e. The van der Waals surface area contributed by atoms with Gasteiger partial charge in [-0.2, -0.15) is 0 Å². The van der Waals surface area contributed by atoms with Gasteiger partial charge < -0.3 is 10.2 Å². The van der Waals surface area contributed by atoms with Crippen molar-refractivity contribution in [2.45, 2.75) is 39.2 Å². The number of carbonyl (C=O) groups is 1. The lowest BCUT2D eigenvalue weighted by Gasteiger charge is -2.34. The summed E-state index contributed by atoms with van der Waals surface area (Å²) in [5.74, 6) is -0.630. The summed E-state index contributed by atoms with van der Waals surface area (Å²) in [5.41, 5.74) is 3.09. The van der Waals surface area contributed by atoms with E-state index in [1.165, 1.54) is 6.07 Å². The van der Waals surface area contributed by atoms with Crippen LogP contribution >= 0.6 is 0 Å². The first-order valence-electron chi connectivity index (χ1n) is 9.48. The lowest BCUT2D eigenvalue weighted by Crippen LogP contribution is -2.46. The monoisotopic (exact) mass is 354 g/mol. The molecule has 1 aliphatic rings. The van der Waals surface area contributed by atoms with Gasteiger partial charge in [0.25, 0.3) is 5.91 Å². The lowest BCUT2D eigenvalue weighted by molar-refractivity contribution is 0.0638. The number of hydrogen-bond donors (Lipinski definition) is 1. The largest absolute Gasteiger partial charge is 0.335 e. The molecule has 1 fully saturated rings. The number of nitrogens with zero attached hydrogens (tertiary/aromatic N) is 1. The van der Waals surface area contributed by atoms with Crippen LogP contribution in [-0.2, 0) is 0 Å². The Kier molecular flexibility index (Phi) is 6.04. The molecule has 0 saturated carbocycles. The van der Waals surface area contributed by atoms with Crippen LogP contribution in [0.5, 0.6) is 0 Å². The van der Waals surface area contributed by atoms with Gasteiger partial charge in [0, 0.05) is 12.6 Å². The molecule has 4 heteroatoms. The van der Waals surface area contributed by atoms with Gasteiger partial charge in [-0.1, -0.05) is 42.8 Å². The molecule has 0 radical (unpaired) electrons. The number of nitrogens with one attached hydrogen (secondary N) is 1. The maximum atomic E-state index is 14.8. The number of benzene rings is 2. The summed E-state index contributed by atoms with van der Waals surface area (Å²) in [6.45, 7) is 6.57. The summed E-state index contributed by atoms with van der Waals surface area (Å²) in [5, 5.41) is 3.32. The van der Waals surface area contributed by atoms with Crippen LogP contribution in [0.4, 0.5) is 4.39 Å². The van der Waals surface area contributed by atoms with E-state index in [2.05, 4.69) is 12.2 Å². The Hall–Kier alpha value is -2.20. The normalized spacial score (nSPS) is 15.0. The maximum Gasteiger partial charge on any atom is 0.257 e. The first-order chi connectivity index (χ1) is 12.6. The summed E-state index contributed by atoms with van der Waals surface area (Å²) in [6, 6.07) is 13.1. The molecule has 2 aromatic rings. The maximum absolute atomic E-state index is 14.8. The highest BCUT2D eigenvalue weighted by Crippen LogP contribution is 2.24. The fourth-order valence-electron chi connectivity index (χ4n) is 3.58. The van der Waals surface area contributed by atoms with Crippen LogP contribution in [-0.4, -0.2) is 36.5 Å². The molecule has 1 aliphatic heterocycles. The highest BCUT2D eigenvalue weighted by atomic mass is 19.1. The molecule has 0 spiro atoms. The third-order valence-corrected chi connectivity index (χ3v) is 5.06. The van der Waals surface area contributed by atoms with Gasteiger partial charge in [0.05, 0.1) is 5.56 Å². The fourth-order valence-corrected chi connectivity index (χ4v) is 3.58. The van der Waals surface area contributed by atoms with Gasteiger partial charge in [-0.3, -0.25) is 4.79 Å². The van der Waals surface area contributed by atoms with Crippen LogP contribution < -0.4 is 5.32 Å². The van der Waals surface area contributed by atoms with Crippen molar-refractivity contribution >= 4 is 5.91 Å². The van der Waals surface area contributed by atoms with E-state index in [0.29, 0.717) is 6.54 Å². The van der Waals surface area contributed by atoms with Crippen molar-refractivity contribution in [2.75, 3.05) is 19.6 Å². The van der Waals surface area contributed by atoms with E-state index in [9.17, 15) is 9.18 Å². The van der Waals surface area contributed by atoms with Crippen molar-refractivity contribution in [1.82, 2.24) is 10.2 Å². The van der Waals surface area contributed by atoms with Gasteiger partial charge in [-0.25, -0.2) is 4.39 Å². The van der Waals surface area contributed by atoms with E-state index < -0.39 is 5.82 Å². The van der Waals surface area contributed by atoms with Gasteiger partial charge in [0.1, 0.15) is 5.82 Å². The van der Waals surface area contributed by atoms with Crippen molar-refractivity contribution in [2.24, 2.45) is 0 Å². The van der Waals surface area contributed by atoms with E-state index in [1.54, 1.807) is 6.07 Å². The molecule has 3 rings (SSSR count). The molecule has 1 amide bonds. The van der Waals surface area contributed by atoms with Gasteiger partial charge in [-0.15, -0.1) is 0 Å². The van der Waals surface area contributed by atoms with E-state index >= 15 is 0 Å². The Balaban J connectivity index is 1.84. The van der Waals surface area contributed by atoms with Gasteiger partial charge in [0.15, 0.2) is 0 Å². The number of rotatable bonds is 5. The van der Waals surface area contributed by atoms with Gasteiger partial charge >= 0.3 is 0 Å². The van der Waals surface area contributed by atoms with Crippen molar-refractivity contribution in [3.63, 3.8) is 0 Å². The van der Waals surface area contributed by atoms with Gasteiger partial charge in [0.2, 0.25) is 0 Å². The molecule has 2 aromatic carbocycles. The molecule has 0 aromatic heterocycles. The van der Waals surface area contributed by atoms with Crippen LogP contribution in [0, 0.1) is 12.7 Å². The first-order valence-corrected chi connectivity index (χ1v) is 9.48. The number of hydrogen-bond acceptors (Lipinski definition) is 2. The third kappa shape index (κ3) is 4.13. The SMILES string of the molecule is CCCN(C(=O)c1ccc(-c2ccc(C)cc2)cc1F)C1CCNCC1. The van der Waals surface area contributed by atoms with Crippen LogP contribution in [0.25, 0.3) is 11.1 Å². The Morgan fingerprint density at radius 2 is 1.77 bits per heavy atom. The average molecular weight is 354 g/mol. The van der Waals surface area contributed by atoms with E-state index in [-0.39, 0.29) is 17.5 Å². The van der Waals surface area contributed by atoms with Gasteiger partial charge in [-0.05, 0) is 62.5 Å². The Morgan fingerprint density at radius 3 is 2.38 bits per heavy atom. The quantitative estimate of drug-likeness (QED) is 0.863. The molecule has 0 unspecified atom stereocenters. The fraction of sp³-hybridized carbons (Fsp3) is 0.409. The van der Waals surface area contributed by atoms with Crippen LogP contribution in [0.2, 0.25) is 0 Å². The zero-order valence-corrected chi connectivity index (χ0v) is 15.6. The average Bonchev–Trinajstić information content (AvgIpc) is 2.67. The highest BCUT2D eigenvalue weighted by molar-refractivity contribution is 5.95. The van der Waals surface area contributed by atoms with Crippen molar-refractivity contribution in [3.8, 4) is 11.1 Å². The first kappa shape index (κ1) is 18.6. The summed E-state index contributed by atoms with van der Waals surface area (Å²) in [7, 11) is 0. The lowest BCUT2D eigenvalue weighted by atomic mass is 10.00. The Labute approximate surface area is 155 Å². The number of carbonyl (C=O) groups excluding carboxylic acids is 1. The zero-order chi connectivity index (χ0) is 18.5. The van der Waals surface area contributed by atoms with E-state index in [0.717, 1.165) is 49.0 Å². The summed E-state index contributed by atoms with van der Waals surface area (Å²) in [6.07, 6.45) is 2.72. The van der Waals surface area contributed by atoms with Crippen molar-refractivity contribution < 1.29 is 9.18 Å². The standard InChI is InChI=1S/C22H27FN2O/c1-3-14-25(19-10-12-24-13-11-19)22(26)20-9-8-18(15-21(20)23)17-6-4-16(2)5-7-17/h4-9,15,19,24H,3,10-14H2,1-2H3. The van der Waals surface area contributed by atoms with E-state index in [1.807, 2.05) is 42.2 Å². The Bertz CT molecular complexity index is 751. The van der Waals surface area contributed by atoms with Crippen molar-refractivity contribution in [3.05, 3.63) is 59.4 Å². The van der Waals surface area contributed by atoms with Crippen LogP contribution in [0.15, 0.2) is 42.5 Å². The number of amides is 1. The predicted molar refractivity (Wildman–Crippen MR) is 104 cm³/mol. The molecular formula is C22H27FN2O. The van der Waals surface area contributed by atoms with Crippen LogP contribution in [0.1, 0.15) is 42.1 Å². The third-order valence-electron chi connectivity index (χ3n) is 5.06. The highest BCUT2D eigenvalue weighted by Gasteiger charge is 2.27. The number of halogens is 1. The molecule has 3 nitrogen and oxygen atoms in total. The summed E-state index contributed by atoms with van der Waals surface area (Å²) < 4.78 is 14.8. The second-order valence-electron chi connectivity index (χ2n) is 7.04. The summed E-state index contributed by atoms with van der Waals surface area (Å²) >= 11 is 0. The molecule has 138 valence electrons. The molecule has 26 heavy (non-hydrogen) atoms. The minimum Gasteiger partial charge on any atom is -0.335 e. The molecule has 1 heterocycles. The second kappa shape index (κ2) is 8.45. The summed E-state index contributed by atoms with van der Waals surface area (Å²) in [4.78, 5) is 14.9. The number of aryl methyl sites for hydroxylation is 1. The van der Waals surface area contributed by atoms with Crippen LogP contribution in [0.3, 0.4) is 0 Å². The molecule has 0 atom stereocenters. The number of piperidine rings is 1. The minimum atomic E-state index is -0.442. The Morgan fingerprint density at radius 1 is 1.12 bits per heavy atom. The minimum absolute atomic E-state index is 0.174. The zero-order valence-electron chi connectivity index (χ0n) is 15.6. The van der Waals surface area contributed by atoms with E-state index in [4.69, 9.17) is 0 Å². The molecule has 0 aliphatic carbocycles. The van der Waals surface area contributed by atoms with Crippen molar-refractivity contribution in [1.29, 1.82) is 0 Å². The molecule has 1 saturated heterocycles. The molecule has 0 bridgehead atoms. The molecular weight excluding hydrogens is 327 g/mol.